The van der Waals surface area contributed by atoms with Gasteiger partial charge >= 0.3 is 6.09 Å². The maximum absolute atomic E-state index is 14.7. The first-order valence-electron chi connectivity index (χ1n) is 11.2. The molecule has 0 bridgehead atoms. The molecule has 2 aliphatic heterocycles. The van der Waals surface area contributed by atoms with Gasteiger partial charge in [0.05, 0.1) is 32.1 Å². The lowest BCUT2D eigenvalue weighted by Crippen LogP contribution is -2.39. The molecule has 2 fully saturated rings. The third kappa shape index (κ3) is 7.01. The number of ether oxygens (including phenoxy) is 3. The van der Waals surface area contributed by atoms with Crippen molar-refractivity contribution in [3.8, 4) is 11.1 Å². The van der Waals surface area contributed by atoms with E-state index in [-0.39, 0.29) is 5.69 Å². The Morgan fingerprint density at radius 1 is 1.03 bits per heavy atom. The SMILES string of the molecule is Cc1cc(F)c(NC(=O)OCC(Cl)(Cl)Cl)cc1-c1cc(N2CCOCC2)nc(N2CCOCC2)c1. The topological polar surface area (TPSA) is 76.2 Å². The molecule has 1 aromatic heterocycles. The monoisotopic (exact) mass is 546 g/mol. The largest absolute Gasteiger partial charge is 0.445 e. The van der Waals surface area contributed by atoms with Gasteiger partial charge < -0.3 is 24.0 Å². The van der Waals surface area contributed by atoms with Crippen LogP contribution in [-0.2, 0) is 14.2 Å². The zero-order chi connectivity index (χ0) is 25.0. The summed E-state index contributed by atoms with van der Waals surface area (Å²) >= 11 is 16.9. The average molecular weight is 548 g/mol. The van der Waals surface area contributed by atoms with Gasteiger partial charge in [-0.3, -0.25) is 5.32 Å². The summed E-state index contributed by atoms with van der Waals surface area (Å²) in [6.07, 6.45) is -0.928. The van der Waals surface area contributed by atoms with Gasteiger partial charge in [-0.25, -0.2) is 14.2 Å². The number of anilines is 3. The fourth-order valence-electron chi connectivity index (χ4n) is 3.94. The Bertz CT molecular complexity index is 1020. The minimum Gasteiger partial charge on any atom is -0.445 e. The predicted molar refractivity (Wildman–Crippen MR) is 136 cm³/mol. The van der Waals surface area contributed by atoms with Gasteiger partial charge in [0.2, 0.25) is 3.79 Å². The van der Waals surface area contributed by atoms with Crippen molar-refractivity contribution in [3.63, 3.8) is 0 Å². The number of carbonyl (C=O) groups excluding carboxylic acids is 1. The van der Waals surface area contributed by atoms with Crippen molar-refractivity contribution in [2.75, 3.05) is 74.3 Å². The first-order chi connectivity index (χ1) is 16.7. The van der Waals surface area contributed by atoms with Gasteiger partial charge in [-0.2, -0.15) is 0 Å². The number of rotatable bonds is 5. The molecular weight excluding hydrogens is 522 g/mol. The number of aromatic nitrogens is 1. The van der Waals surface area contributed by atoms with Gasteiger partial charge in [0.15, 0.2) is 0 Å². The molecule has 2 aromatic rings. The number of alkyl halides is 3. The van der Waals surface area contributed by atoms with Crippen LogP contribution in [0.15, 0.2) is 24.3 Å². The van der Waals surface area contributed by atoms with Gasteiger partial charge in [-0.15, -0.1) is 0 Å². The normalized spacial score (nSPS) is 16.8. The number of pyridine rings is 1. The van der Waals surface area contributed by atoms with Crippen LogP contribution in [-0.4, -0.2) is 74.1 Å². The molecule has 4 rings (SSSR count). The summed E-state index contributed by atoms with van der Waals surface area (Å²) in [5.41, 5.74) is 2.25. The molecule has 35 heavy (non-hydrogen) atoms. The Morgan fingerprint density at radius 2 is 1.57 bits per heavy atom. The van der Waals surface area contributed by atoms with Crippen molar-refractivity contribution >= 4 is 58.2 Å². The fourth-order valence-corrected chi connectivity index (χ4v) is 4.10. The second kappa shape index (κ2) is 11.3. The summed E-state index contributed by atoms with van der Waals surface area (Å²) in [7, 11) is 0. The Labute approximate surface area is 218 Å². The number of aryl methyl sites for hydroxylation is 1. The molecule has 1 aromatic carbocycles. The van der Waals surface area contributed by atoms with E-state index < -0.39 is 22.3 Å². The number of hydrogen-bond acceptors (Lipinski definition) is 7. The van der Waals surface area contributed by atoms with Gasteiger partial charge in [0.1, 0.15) is 24.1 Å². The predicted octanol–water partition coefficient (Wildman–Crippen LogP) is 4.79. The summed E-state index contributed by atoms with van der Waals surface area (Å²) in [5, 5.41) is 2.39. The highest BCUT2D eigenvalue weighted by atomic mass is 35.6. The smallest absolute Gasteiger partial charge is 0.411 e. The standard InChI is InChI=1S/C23H26Cl3FN4O4/c1-15-10-18(27)19(28-22(32)35-14-23(24,25)26)13-17(15)16-11-20(30-2-6-33-7-3-30)29-21(12-16)31-4-8-34-9-5-31/h10-13H,2-9,14H2,1H3,(H,28,32). The van der Waals surface area contributed by atoms with Crippen LogP contribution in [0, 0.1) is 12.7 Å². The van der Waals surface area contributed by atoms with Crippen LogP contribution in [0.1, 0.15) is 5.56 Å². The lowest BCUT2D eigenvalue weighted by Gasteiger charge is -2.32. The van der Waals surface area contributed by atoms with E-state index >= 15 is 0 Å². The number of nitrogens with one attached hydrogen (secondary N) is 1. The minimum absolute atomic E-state index is 0.0439. The van der Waals surface area contributed by atoms with Gasteiger partial charge in [-0.05, 0) is 47.9 Å². The van der Waals surface area contributed by atoms with E-state index in [0.29, 0.717) is 32.0 Å². The van der Waals surface area contributed by atoms with Crippen LogP contribution in [0.3, 0.4) is 0 Å². The molecule has 2 saturated heterocycles. The zero-order valence-corrected chi connectivity index (χ0v) is 21.4. The molecule has 12 heteroatoms. The van der Waals surface area contributed by atoms with Crippen molar-refractivity contribution in [1.29, 1.82) is 0 Å². The number of nitrogens with zero attached hydrogens (tertiary/aromatic N) is 3. The molecule has 0 saturated carbocycles. The van der Waals surface area contributed by atoms with Crippen molar-refractivity contribution in [1.82, 2.24) is 4.98 Å². The average Bonchev–Trinajstić information content (AvgIpc) is 2.85. The first-order valence-corrected chi connectivity index (χ1v) is 12.3. The van der Waals surface area contributed by atoms with E-state index in [0.717, 1.165) is 48.9 Å². The molecule has 0 spiro atoms. The van der Waals surface area contributed by atoms with Gasteiger partial charge in [0.25, 0.3) is 0 Å². The third-order valence-corrected chi connectivity index (χ3v) is 6.02. The highest BCUT2D eigenvalue weighted by Crippen LogP contribution is 2.34. The number of carbonyl (C=O) groups is 1. The molecule has 0 radical (unpaired) electrons. The quantitative estimate of drug-likeness (QED) is 0.540. The van der Waals surface area contributed by atoms with E-state index in [1.165, 1.54) is 6.07 Å². The maximum atomic E-state index is 14.7. The molecule has 0 unspecified atom stereocenters. The molecule has 0 aliphatic carbocycles. The number of halogens is 4. The molecule has 190 valence electrons. The van der Waals surface area contributed by atoms with Crippen LogP contribution in [0.25, 0.3) is 11.1 Å². The van der Waals surface area contributed by atoms with Crippen molar-refractivity contribution in [2.45, 2.75) is 10.7 Å². The number of hydrogen-bond donors (Lipinski definition) is 1. The Kier molecular flexibility index (Phi) is 8.44. The third-order valence-electron chi connectivity index (χ3n) is 5.70. The first kappa shape index (κ1) is 26.0. The Hall–Kier alpha value is -2.04. The summed E-state index contributed by atoms with van der Waals surface area (Å²) in [4.78, 5) is 21.4. The number of morpholine rings is 2. The van der Waals surface area contributed by atoms with Crippen molar-refractivity contribution in [2.24, 2.45) is 0 Å². The lowest BCUT2D eigenvalue weighted by molar-refractivity contribution is 0.121. The Balaban J connectivity index is 1.67. The second-order valence-electron chi connectivity index (χ2n) is 8.23. The molecular formula is C23H26Cl3FN4O4. The maximum Gasteiger partial charge on any atom is 0.411 e. The second-order valence-corrected chi connectivity index (χ2v) is 10.8. The van der Waals surface area contributed by atoms with E-state index in [1.54, 1.807) is 6.07 Å². The van der Waals surface area contributed by atoms with Crippen LogP contribution in [0.5, 0.6) is 0 Å². The molecule has 8 nitrogen and oxygen atoms in total. The lowest BCUT2D eigenvalue weighted by atomic mass is 9.99. The zero-order valence-electron chi connectivity index (χ0n) is 19.2. The van der Waals surface area contributed by atoms with Crippen molar-refractivity contribution < 1.29 is 23.4 Å². The number of amides is 1. The van der Waals surface area contributed by atoms with E-state index in [1.807, 2.05) is 19.1 Å². The minimum atomic E-state index is -1.77. The van der Waals surface area contributed by atoms with E-state index in [2.05, 4.69) is 15.1 Å². The summed E-state index contributed by atoms with van der Waals surface area (Å²) in [6.45, 7) is 6.74. The van der Waals surface area contributed by atoms with Crippen LogP contribution in [0.2, 0.25) is 0 Å². The summed E-state index contributed by atoms with van der Waals surface area (Å²) < 4.78 is 28.8. The van der Waals surface area contributed by atoms with Gasteiger partial charge in [0, 0.05) is 26.2 Å². The molecule has 2 aliphatic rings. The van der Waals surface area contributed by atoms with Gasteiger partial charge in [-0.1, -0.05) is 34.8 Å². The molecule has 3 heterocycles. The van der Waals surface area contributed by atoms with Crippen LogP contribution >= 0.6 is 34.8 Å². The van der Waals surface area contributed by atoms with E-state index in [9.17, 15) is 9.18 Å². The van der Waals surface area contributed by atoms with Crippen molar-refractivity contribution in [3.05, 3.63) is 35.6 Å². The van der Waals surface area contributed by atoms with Crippen LogP contribution in [0.4, 0.5) is 26.5 Å². The highest BCUT2D eigenvalue weighted by Gasteiger charge is 2.23. The van der Waals surface area contributed by atoms with Crippen LogP contribution < -0.4 is 15.1 Å². The molecule has 0 atom stereocenters. The number of benzene rings is 1. The summed E-state index contributed by atoms with van der Waals surface area (Å²) in [6, 6.07) is 6.88. The van der Waals surface area contributed by atoms with E-state index in [4.69, 9.17) is 54.0 Å². The Morgan fingerprint density at radius 3 is 2.09 bits per heavy atom. The highest BCUT2D eigenvalue weighted by molar-refractivity contribution is 6.67. The molecule has 1 N–H and O–H groups in total. The molecule has 1 amide bonds. The fraction of sp³-hybridized carbons (Fsp3) is 0.478. The summed E-state index contributed by atoms with van der Waals surface area (Å²) in [5.74, 6) is 1.02.